The number of hydrogen-bond acceptors (Lipinski definition) is 5. The van der Waals surface area contributed by atoms with Gasteiger partial charge in [-0.1, -0.05) is 90.5 Å². The van der Waals surface area contributed by atoms with Crippen LogP contribution in [0.5, 0.6) is 17.2 Å². The zero-order valence-electron chi connectivity index (χ0n) is 24.3. The minimum atomic E-state index is -1.05. The smallest absolute Gasteiger partial charge is 0.341 e. The van der Waals surface area contributed by atoms with Crippen LogP contribution in [0.1, 0.15) is 11.1 Å². The summed E-state index contributed by atoms with van der Waals surface area (Å²) in [6.07, 6.45) is 2.22. The average molecular weight is 623 g/mol. The monoisotopic (exact) mass is 622 g/mol. The fourth-order valence-corrected chi connectivity index (χ4v) is 5.81. The van der Waals surface area contributed by atoms with E-state index in [1.165, 1.54) is 0 Å². The zero-order chi connectivity index (χ0) is 30.9. The maximum Gasteiger partial charge on any atom is 0.341 e. The molecule has 44 heavy (non-hydrogen) atoms. The number of carbonyl (C=O) groups is 1. The van der Waals surface area contributed by atoms with E-state index in [1.807, 2.05) is 30.3 Å². The standard InChI is InChI=1S/C37H31ClO5S/c1-41-31-15-11-27(12-16-31)25-3-7-29(8-4-25)34(21-22-44-33-19-20-36(35(38)23-33)43-24-37(39)40)30-9-5-26(6-10-30)28-13-17-32(42-2)18-14-28/h3-21,23H,22,24H2,1-2H3,(H,39,40). The first-order valence-electron chi connectivity index (χ1n) is 13.9. The highest BCUT2D eigenvalue weighted by Crippen LogP contribution is 2.33. The minimum absolute atomic E-state index is 0.351. The third-order valence-corrected chi connectivity index (χ3v) is 8.25. The topological polar surface area (TPSA) is 65.0 Å². The van der Waals surface area contributed by atoms with E-state index in [0.717, 1.165) is 55.3 Å². The van der Waals surface area contributed by atoms with Gasteiger partial charge in [-0.25, -0.2) is 4.79 Å². The van der Waals surface area contributed by atoms with Crippen LogP contribution in [0.25, 0.3) is 27.8 Å². The molecule has 222 valence electrons. The predicted octanol–water partition coefficient (Wildman–Crippen LogP) is 9.38. The van der Waals surface area contributed by atoms with Crippen LogP contribution < -0.4 is 14.2 Å². The molecule has 0 aliphatic carbocycles. The normalized spacial score (nSPS) is 10.6. The quantitative estimate of drug-likeness (QED) is 0.140. The van der Waals surface area contributed by atoms with Crippen molar-refractivity contribution in [1.82, 2.24) is 0 Å². The Morgan fingerprint density at radius 2 is 1.16 bits per heavy atom. The van der Waals surface area contributed by atoms with E-state index in [0.29, 0.717) is 16.5 Å². The molecule has 0 aliphatic heterocycles. The molecule has 0 aromatic heterocycles. The second kappa shape index (κ2) is 14.7. The van der Waals surface area contributed by atoms with E-state index < -0.39 is 12.6 Å². The first-order chi connectivity index (χ1) is 21.4. The van der Waals surface area contributed by atoms with Crippen molar-refractivity contribution in [3.8, 4) is 39.5 Å². The number of ether oxygens (including phenoxy) is 3. The van der Waals surface area contributed by atoms with Crippen molar-refractivity contribution in [1.29, 1.82) is 0 Å². The van der Waals surface area contributed by atoms with Crippen molar-refractivity contribution in [2.75, 3.05) is 26.6 Å². The van der Waals surface area contributed by atoms with Crippen molar-refractivity contribution in [3.05, 3.63) is 137 Å². The molecule has 5 nitrogen and oxygen atoms in total. The summed E-state index contributed by atoms with van der Waals surface area (Å²) in [6, 6.07) is 38.6. The number of benzene rings is 5. The van der Waals surface area contributed by atoms with Crippen LogP contribution in [0.4, 0.5) is 0 Å². The van der Waals surface area contributed by atoms with Gasteiger partial charge in [0.2, 0.25) is 0 Å². The number of hydrogen-bond donors (Lipinski definition) is 1. The maximum atomic E-state index is 10.8. The highest BCUT2D eigenvalue weighted by Gasteiger charge is 2.10. The maximum absolute atomic E-state index is 10.8. The molecule has 0 atom stereocenters. The number of rotatable bonds is 12. The van der Waals surface area contributed by atoms with Crippen LogP contribution in [0.3, 0.4) is 0 Å². The Morgan fingerprint density at radius 1 is 0.705 bits per heavy atom. The molecule has 0 fully saturated rings. The number of carboxylic acids is 1. The molecular weight excluding hydrogens is 592 g/mol. The first kappa shape index (κ1) is 30.8. The minimum Gasteiger partial charge on any atom is -0.497 e. The SMILES string of the molecule is COc1ccc(-c2ccc(C(=CCSc3ccc(OCC(=O)O)c(Cl)c3)c3ccc(-c4ccc(OC)cc4)cc3)cc2)cc1. The summed E-state index contributed by atoms with van der Waals surface area (Å²) in [5.74, 6) is 1.65. The highest BCUT2D eigenvalue weighted by molar-refractivity contribution is 7.99. The third kappa shape index (κ3) is 7.84. The number of methoxy groups -OCH3 is 2. The van der Waals surface area contributed by atoms with E-state index in [-0.39, 0.29) is 0 Å². The van der Waals surface area contributed by atoms with Gasteiger partial charge < -0.3 is 19.3 Å². The molecule has 5 aromatic carbocycles. The van der Waals surface area contributed by atoms with Crippen molar-refractivity contribution in [3.63, 3.8) is 0 Å². The summed E-state index contributed by atoms with van der Waals surface area (Å²) in [5.41, 5.74) is 7.82. The lowest BCUT2D eigenvalue weighted by Crippen LogP contribution is -2.09. The molecule has 5 rings (SSSR count). The van der Waals surface area contributed by atoms with Crippen LogP contribution >= 0.6 is 23.4 Å². The van der Waals surface area contributed by atoms with Gasteiger partial charge in [-0.2, -0.15) is 0 Å². The molecule has 0 unspecified atom stereocenters. The number of thioether (sulfide) groups is 1. The second-order valence-electron chi connectivity index (χ2n) is 9.82. The summed E-state index contributed by atoms with van der Waals surface area (Å²) in [4.78, 5) is 11.8. The molecule has 0 heterocycles. The van der Waals surface area contributed by atoms with Gasteiger partial charge >= 0.3 is 5.97 Å². The Kier molecular flexibility index (Phi) is 10.3. The lowest BCUT2D eigenvalue weighted by atomic mass is 9.94. The van der Waals surface area contributed by atoms with Crippen molar-refractivity contribution in [2.24, 2.45) is 0 Å². The summed E-state index contributed by atoms with van der Waals surface area (Å²) in [6.45, 7) is -0.438. The molecule has 7 heteroatoms. The molecule has 5 aromatic rings. The predicted molar refractivity (Wildman–Crippen MR) is 179 cm³/mol. The molecule has 0 saturated carbocycles. The first-order valence-corrected chi connectivity index (χ1v) is 15.3. The van der Waals surface area contributed by atoms with Gasteiger partial charge in [0, 0.05) is 10.6 Å². The Hall–Kier alpha value is -4.65. The van der Waals surface area contributed by atoms with Gasteiger partial charge in [0.05, 0.1) is 19.2 Å². The third-order valence-electron chi connectivity index (χ3n) is 7.03. The number of aliphatic carboxylic acids is 1. The Bertz CT molecular complexity index is 1640. The zero-order valence-corrected chi connectivity index (χ0v) is 25.9. The van der Waals surface area contributed by atoms with Gasteiger partial charge in [0.25, 0.3) is 0 Å². The van der Waals surface area contributed by atoms with Gasteiger partial charge in [-0.15, -0.1) is 11.8 Å². The summed E-state index contributed by atoms with van der Waals surface area (Å²) < 4.78 is 15.9. The number of halogens is 1. The lowest BCUT2D eigenvalue weighted by molar-refractivity contribution is -0.139. The van der Waals surface area contributed by atoms with Crippen molar-refractivity contribution in [2.45, 2.75) is 4.90 Å². The fourth-order valence-electron chi connectivity index (χ4n) is 4.70. The summed E-state index contributed by atoms with van der Waals surface area (Å²) >= 11 is 7.99. The summed E-state index contributed by atoms with van der Waals surface area (Å²) in [5, 5.41) is 9.25. The Morgan fingerprint density at radius 3 is 1.57 bits per heavy atom. The van der Waals surface area contributed by atoms with E-state index >= 15 is 0 Å². The van der Waals surface area contributed by atoms with Crippen molar-refractivity contribution < 1.29 is 24.1 Å². The van der Waals surface area contributed by atoms with Gasteiger partial charge in [0.1, 0.15) is 17.2 Å². The molecule has 0 bridgehead atoms. The van der Waals surface area contributed by atoms with E-state index in [1.54, 1.807) is 38.1 Å². The highest BCUT2D eigenvalue weighted by atomic mass is 35.5. The van der Waals surface area contributed by atoms with Crippen LogP contribution in [0.15, 0.2) is 126 Å². The largest absolute Gasteiger partial charge is 0.497 e. The summed E-state index contributed by atoms with van der Waals surface area (Å²) in [7, 11) is 3.33. The van der Waals surface area contributed by atoms with Crippen LogP contribution in [-0.4, -0.2) is 37.7 Å². The lowest BCUT2D eigenvalue weighted by Gasteiger charge is -2.12. The second-order valence-corrected chi connectivity index (χ2v) is 11.3. The van der Waals surface area contributed by atoms with Crippen molar-refractivity contribution >= 4 is 34.9 Å². The van der Waals surface area contributed by atoms with Gasteiger partial charge in [0.15, 0.2) is 6.61 Å². The molecule has 0 aliphatic rings. The molecule has 0 saturated heterocycles. The van der Waals surface area contributed by atoms with Gasteiger partial charge in [-0.3, -0.25) is 0 Å². The fraction of sp³-hybridized carbons (Fsp3) is 0.108. The van der Waals surface area contributed by atoms with Gasteiger partial charge in [-0.05, 0) is 81.4 Å². The van der Waals surface area contributed by atoms with E-state index in [4.69, 9.17) is 30.9 Å². The van der Waals surface area contributed by atoms with E-state index in [2.05, 4.69) is 78.9 Å². The number of carboxylic acid groups (broad SMARTS) is 1. The van der Waals surface area contributed by atoms with E-state index in [9.17, 15) is 4.79 Å². The molecule has 0 radical (unpaired) electrons. The van der Waals surface area contributed by atoms with Crippen LogP contribution in [-0.2, 0) is 4.79 Å². The van der Waals surface area contributed by atoms with Crippen LogP contribution in [0.2, 0.25) is 5.02 Å². The molecule has 0 amide bonds. The van der Waals surface area contributed by atoms with Crippen LogP contribution in [0, 0.1) is 0 Å². The Labute approximate surface area is 266 Å². The molecule has 1 N–H and O–H groups in total. The molecular formula is C37H31ClO5S. The average Bonchev–Trinajstić information content (AvgIpc) is 3.06. The molecule has 0 spiro atoms. The Balaban J connectivity index is 1.40.